The number of rotatable bonds is 4. The number of piperazine rings is 1. The Bertz CT molecular complexity index is 418. The number of ether oxygens (including phenoxy) is 1. The van der Waals surface area contributed by atoms with E-state index in [0.29, 0.717) is 6.61 Å². The number of hydrogen-bond acceptors (Lipinski definition) is 3. The molecular formula is C15H23N3OS. The fraction of sp³-hybridized carbons (Fsp3) is 0.533. The van der Waals surface area contributed by atoms with E-state index in [-0.39, 0.29) is 6.04 Å². The topological polar surface area (TPSA) is 27.7 Å². The van der Waals surface area contributed by atoms with Crippen molar-refractivity contribution in [3.8, 4) is 0 Å². The van der Waals surface area contributed by atoms with Gasteiger partial charge in [0, 0.05) is 45.0 Å². The Morgan fingerprint density at radius 3 is 2.50 bits per heavy atom. The van der Waals surface area contributed by atoms with Crippen molar-refractivity contribution < 1.29 is 4.74 Å². The predicted molar refractivity (Wildman–Crippen MR) is 87.3 cm³/mol. The lowest BCUT2D eigenvalue weighted by molar-refractivity contribution is 0.177. The quantitative estimate of drug-likeness (QED) is 0.853. The van der Waals surface area contributed by atoms with Gasteiger partial charge >= 0.3 is 0 Å². The molecule has 0 amide bonds. The first-order chi connectivity index (χ1) is 9.70. The first kappa shape index (κ1) is 15.1. The average Bonchev–Trinajstić information content (AvgIpc) is 2.48. The summed E-state index contributed by atoms with van der Waals surface area (Å²) >= 11 is 5.46. The lowest BCUT2D eigenvalue weighted by Crippen LogP contribution is -2.53. The van der Waals surface area contributed by atoms with E-state index in [1.165, 1.54) is 5.69 Å². The van der Waals surface area contributed by atoms with Crippen molar-refractivity contribution in [3.63, 3.8) is 0 Å². The molecule has 1 fully saturated rings. The van der Waals surface area contributed by atoms with E-state index in [2.05, 4.69) is 52.4 Å². The molecule has 0 radical (unpaired) electrons. The molecule has 0 spiro atoms. The third-order valence-corrected chi connectivity index (χ3v) is 3.85. The molecule has 0 bridgehead atoms. The van der Waals surface area contributed by atoms with Gasteiger partial charge in [-0.15, -0.1) is 0 Å². The van der Waals surface area contributed by atoms with Crippen LogP contribution in [-0.4, -0.2) is 55.9 Å². The minimum Gasteiger partial charge on any atom is -0.383 e. The molecule has 1 aromatic carbocycles. The zero-order valence-electron chi connectivity index (χ0n) is 12.2. The van der Waals surface area contributed by atoms with E-state index in [9.17, 15) is 0 Å². The zero-order chi connectivity index (χ0) is 14.4. The zero-order valence-corrected chi connectivity index (χ0v) is 13.0. The van der Waals surface area contributed by atoms with Crippen LogP contribution in [0.2, 0.25) is 0 Å². The molecule has 1 N–H and O–H groups in total. The lowest BCUT2D eigenvalue weighted by atomic mass is 10.2. The van der Waals surface area contributed by atoms with Gasteiger partial charge < -0.3 is 19.9 Å². The van der Waals surface area contributed by atoms with Crippen LogP contribution in [0.4, 0.5) is 5.69 Å². The van der Waals surface area contributed by atoms with Crippen molar-refractivity contribution in [1.82, 2.24) is 10.2 Å². The summed E-state index contributed by atoms with van der Waals surface area (Å²) in [6.45, 7) is 6.68. The molecule has 0 aliphatic carbocycles. The molecule has 110 valence electrons. The maximum absolute atomic E-state index is 5.46. The van der Waals surface area contributed by atoms with Gasteiger partial charge in [0.1, 0.15) is 0 Å². The van der Waals surface area contributed by atoms with Gasteiger partial charge in [-0.1, -0.05) is 18.2 Å². The minimum atomic E-state index is 0.250. The second-order valence-electron chi connectivity index (χ2n) is 5.12. The number of thiocarbonyl (C=S) groups is 1. The van der Waals surface area contributed by atoms with Crippen molar-refractivity contribution >= 4 is 23.0 Å². The largest absolute Gasteiger partial charge is 0.383 e. The predicted octanol–water partition coefficient (Wildman–Crippen LogP) is 1.72. The Morgan fingerprint density at radius 2 is 1.90 bits per heavy atom. The molecule has 20 heavy (non-hydrogen) atoms. The normalized spacial score (nSPS) is 16.9. The van der Waals surface area contributed by atoms with Crippen LogP contribution in [-0.2, 0) is 4.74 Å². The summed E-state index contributed by atoms with van der Waals surface area (Å²) in [6.07, 6.45) is 0. The summed E-state index contributed by atoms with van der Waals surface area (Å²) in [6, 6.07) is 10.8. The van der Waals surface area contributed by atoms with Crippen LogP contribution >= 0.6 is 12.2 Å². The number of anilines is 1. The molecular weight excluding hydrogens is 270 g/mol. The summed E-state index contributed by atoms with van der Waals surface area (Å²) < 4.78 is 5.12. The fourth-order valence-corrected chi connectivity index (χ4v) is 2.78. The summed E-state index contributed by atoms with van der Waals surface area (Å²) in [4.78, 5) is 4.64. The van der Waals surface area contributed by atoms with Gasteiger partial charge in [0.2, 0.25) is 0 Å². The van der Waals surface area contributed by atoms with Crippen LogP contribution in [0, 0.1) is 0 Å². The minimum absolute atomic E-state index is 0.250. The van der Waals surface area contributed by atoms with E-state index in [4.69, 9.17) is 17.0 Å². The van der Waals surface area contributed by atoms with Crippen LogP contribution in [0.3, 0.4) is 0 Å². The standard InChI is InChI=1S/C15H23N3OS/c1-13(12-19-2)16-15(20)18-10-8-17(9-11-18)14-6-4-3-5-7-14/h3-7,13H,8-12H2,1-2H3,(H,16,20). The van der Waals surface area contributed by atoms with Crippen molar-refractivity contribution in [2.45, 2.75) is 13.0 Å². The molecule has 2 rings (SSSR count). The van der Waals surface area contributed by atoms with Crippen molar-refractivity contribution in [2.24, 2.45) is 0 Å². The number of para-hydroxylation sites is 1. The summed E-state index contributed by atoms with van der Waals surface area (Å²) in [5.74, 6) is 0. The molecule has 1 aromatic rings. The van der Waals surface area contributed by atoms with Gasteiger partial charge in [-0.3, -0.25) is 0 Å². The Morgan fingerprint density at radius 1 is 1.25 bits per heavy atom. The first-order valence-electron chi connectivity index (χ1n) is 7.05. The highest BCUT2D eigenvalue weighted by Gasteiger charge is 2.19. The average molecular weight is 293 g/mol. The third-order valence-electron chi connectivity index (χ3n) is 3.47. The highest BCUT2D eigenvalue weighted by atomic mass is 32.1. The van der Waals surface area contributed by atoms with Crippen LogP contribution in [0.1, 0.15) is 6.92 Å². The Labute approximate surface area is 126 Å². The molecule has 4 nitrogen and oxygen atoms in total. The molecule has 1 unspecified atom stereocenters. The van der Waals surface area contributed by atoms with Crippen molar-refractivity contribution in [2.75, 3.05) is 44.8 Å². The molecule has 1 heterocycles. The second kappa shape index (κ2) is 7.45. The summed E-state index contributed by atoms with van der Waals surface area (Å²) in [7, 11) is 1.71. The molecule has 0 saturated carbocycles. The monoisotopic (exact) mass is 293 g/mol. The maximum Gasteiger partial charge on any atom is 0.169 e. The smallest absolute Gasteiger partial charge is 0.169 e. The number of nitrogens with zero attached hydrogens (tertiary/aromatic N) is 2. The Hall–Kier alpha value is -1.33. The van der Waals surface area contributed by atoms with E-state index in [1.807, 2.05) is 0 Å². The SMILES string of the molecule is COCC(C)NC(=S)N1CCN(c2ccccc2)CC1. The first-order valence-corrected chi connectivity index (χ1v) is 7.46. The maximum atomic E-state index is 5.46. The Balaban J connectivity index is 1.80. The van der Waals surface area contributed by atoms with E-state index < -0.39 is 0 Å². The van der Waals surface area contributed by atoms with Crippen LogP contribution in [0.15, 0.2) is 30.3 Å². The van der Waals surface area contributed by atoms with Crippen LogP contribution < -0.4 is 10.2 Å². The van der Waals surface area contributed by atoms with E-state index in [0.717, 1.165) is 31.3 Å². The molecule has 1 aliphatic heterocycles. The number of nitrogens with one attached hydrogen (secondary N) is 1. The van der Waals surface area contributed by atoms with Crippen molar-refractivity contribution in [3.05, 3.63) is 30.3 Å². The third kappa shape index (κ3) is 4.08. The van der Waals surface area contributed by atoms with Crippen molar-refractivity contribution in [1.29, 1.82) is 0 Å². The molecule has 1 aliphatic rings. The summed E-state index contributed by atoms with van der Waals surface area (Å²) in [5, 5.41) is 4.15. The molecule has 1 atom stereocenters. The molecule has 1 saturated heterocycles. The second-order valence-corrected chi connectivity index (χ2v) is 5.50. The van der Waals surface area contributed by atoms with Gasteiger partial charge in [-0.05, 0) is 31.3 Å². The van der Waals surface area contributed by atoms with Gasteiger partial charge in [0.05, 0.1) is 6.61 Å². The number of hydrogen-bond donors (Lipinski definition) is 1. The highest BCUT2D eigenvalue weighted by molar-refractivity contribution is 7.80. The number of methoxy groups -OCH3 is 1. The van der Waals surface area contributed by atoms with Crippen LogP contribution in [0.5, 0.6) is 0 Å². The van der Waals surface area contributed by atoms with Crippen LogP contribution in [0.25, 0.3) is 0 Å². The van der Waals surface area contributed by atoms with Gasteiger partial charge in [-0.25, -0.2) is 0 Å². The highest BCUT2D eigenvalue weighted by Crippen LogP contribution is 2.15. The van der Waals surface area contributed by atoms with Gasteiger partial charge in [0.25, 0.3) is 0 Å². The summed E-state index contributed by atoms with van der Waals surface area (Å²) in [5.41, 5.74) is 1.29. The number of benzene rings is 1. The Kier molecular flexibility index (Phi) is 5.61. The molecule has 0 aromatic heterocycles. The molecule has 5 heteroatoms. The van der Waals surface area contributed by atoms with Gasteiger partial charge in [0.15, 0.2) is 5.11 Å². The fourth-order valence-electron chi connectivity index (χ4n) is 2.40. The van der Waals surface area contributed by atoms with E-state index in [1.54, 1.807) is 7.11 Å². The lowest BCUT2D eigenvalue weighted by Gasteiger charge is -2.38. The van der Waals surface area contributed by atoms with E-state index >= 15 is 0 Å². The van der Waals surface area contributed by atoms with Gasteiger partial charge in [-0.2, -0.15) is 0 Å².